The van der Waals surface area contributed by atoms with Crippen molar-refractivity contribution in [3.8, 4) is 0 Å². The molecule has 1 rings (SSSR count). The number of halogens is 1. The molecule has 0 radical (unpaired) electrons. The fourth-order valence-corrected chi connectivity index (χ4v) is 1.81. The molecule has 74 valence electrons. The normalized spacial score (nSPS) is 37.2. The van der Waals surface area contributed by atoms with Crippen LogP contribution < -0.4 is 68.4 Å². The van der Waals surface area contributed by atoms with Crippen LogP contribution in [0.2, 0.25) is 0 Å². The van der Waals surface area contributed by atoms with Gasteiger partial charge >= 0.3 is 51.4 Å². The first-order chi connectivity index (χ1) is 4.88. The van der Waals surface area contributed by atoms with Crippen molar-refractivity contribution in [2.45, 2.75) is 39.2 Å². The van der Waals surface area contributed by atoms with Crippen LogP contribution in [0, 0.1) is 11.1 Å². The van der Waals surface area contributed by atoms with E-state index < -0.39 is 0 Å². The van der Waals surface area contributed by atoms with E-state index in [4.69, 9.17) is 0 Å². The predicted octanol–water partition coefficient (Wildman–Crippen LogP) is -3.85. The van der Waals surface area contributed by atoms with Crippen molar-refractivity contribution < 1.29 is 73.0 Å². The van der Waals surface area contributed by atoms with Crippen LogP contribution >= 0.6 is 0 Å². The summed E-state index contributed by atoms with van der Waals surface area (Å²) in [6.07, 6.45) is 2.30. The van der Waals surface area contributed by atoms with Crippen molar-refractivity contribution in [3.63, 3.8) is 0 Å². The van der Waals surface area contributed by atoms with E-state index in [1.165, 1.54) is 6.42 Å². The first kappa shape index (κ1) is 17.4. The number of likely N-dealkylation sites (tertiary alicyclic amines) is 1. The maximum Gasteiger partial charge on any atom is 1.00 e. The van der Waals surface area contributed by atoms with Crippen LogP contribution in [0.4, 0.5) is 0 Å². The molecule has 1 heterocycles. The topological polar surface area (TPSA) is 23.1 Å². The van der Waals surface area contributed by atoms with E-state index in [1.54, 1.807) is 7.05 Å². The second-order valence-electron chi connectivity index (χ2n) is 4.52. The zero-order valence-corrected chi connectivity index (χ0v) is 14.1. The van der Waals surface area contributed by atoms with Gasteiger partial charge in [0.05, 0.1) is 19.1 Å². The van der Waals surface area contributed by atoms with Gasteiger partial charge in [-0.25, -0.2) is 0 Å². The second kappa shape index (κ2) is 5.94. The van der Waals surface area contributed by atoms with E-state index in [0.29, 0.717) is 5.92 Å². The van der Waals surface area contributed by atoms with Gasteiger partial charge in [0.15, 0.2) is 0 Å². The van der Waals surface area contributed by atoms with Gasteiger partial charge in [-0.05, 0) is 26.7 Å². The fourth-order valence-electron chi connectivity index (χ4n) is 1.81. The predicted molar refractivity (Wildman–Crippen MR) is 46.9 cm³/mol. The van der Waals surface area contributed by atoms with Gasteiger partial charge < -0.3 is 26.8 Å². The van der Waals surface area contributed by atoms with Crippen molar-refractivity contribution >= 4 is 0 Å². The SMILES string of the molecule is CC1CCC[N+](C)([O-])C1(C)C.[Br-].[K+]. The summed E-state index contributed by atoms with van der Waals surface area (Å²) in [4.78, 5) is 0. The number of rotatable bonds is 0. The van der Waals surface area contributed by atoms with E-state index in [2.05, 4.69) is 20.8 Å². The third kappa shape index (κ3) is 3.52. The van der Waals surface area contributed by atoms with E-state index in [-0.39, 0.29) is 78.6 Å². The fraction of sp³-hybridized carbons (Fsp3) is 1.00. The van der Waals surface area contributed by atoms with Gasteiger partial charge in [0.1, 0.15) is 0 Å². The maximum absolute atomic E-state index is 11.9. The molecule has 0 N–H and O–H groups in total. The Morgan fingerprint density at radius 2 is 1.85 bits per heavy atom. The molecule has 13 heavy (non-hydrogen) atoms. The molecular weight excluding hydrogens is 257 g/mol. The van der Waals surface area contributed by atoms with Crippen LogP contribution in [-0.4, -0.2) is 23.8 Å². The zero-order chi connectivity index (χ0) is 8.70. The maximum atomic E-state index is 11.9. The molecule has 0 aromatic rings. The number of hydrogen-bond acceptors (Lipinski definition) is 1. The molecule has 2 unspecified atom stereocenters. The first-order valence-corrected chi connectivity index (χ1v) is 4.44. The second-order valence-corrected chi connectivity index (χ2v) is 4.52. The van der Waals surface area contributed by atoms with Crippen molar-refractivity contribution in [2.75, 3.05) is 13.6 Å². The Morgan fingerprint density at radius 1 is 1.38 bits per heavy atom. The number of piperidine rings is 1. The Labute approximate surface area is 135 Å². The molecule has 0 spiro atoms. The minimum absolute atomic E-state index is 0. The molecule has 1 fully saturated rings. The molecule has 0 bridgehead atoms. The first-order valence-electron chi connectivity index (χ1n) is 4.44. The van der Waals surface area contributed by atoms with E-state index in [0.717, 1.165) is 13.0 Å². The number of hydroxylamine groups is 3. The van der Waals surface area contributed by atoms with Crippen molar-refractivity contribution in [3.05, 3.63) is 5.21 Å². The van der Waals surface area contributed by atoms with Gasteiger partial charge in [0.2, 0.25) is 0 Å². The van der Waals surface area contributed by atoms with Gasteiger partial charge in [-0.2, -0.15) is 0 Å². The Bertz CT molecular complexity index is 162. The van der Waals surface area contributed by atoms with Gasteiger partial charge in [0, 0.05) is 5.92 Å². The summed E-state index contributed by atoms with van der Waals surface area (Å²) >= 11 is 0. The van der Waals surface area contributed by atoms with Crippen molar-refractivity contribution in [2.24, 2.45) is 5.92 Å². The Balaban J connectivity index is 0. The minimum atomic E-state index is -0.0851. The summed E-state index contributed by atoms with van der Waals surface area (Å²) in [6, 6.07) is 0. The molecule has 2 atom stereocenters. The van der Waals surface area contributed by atoms with Crippen molar-refractivity contribution in [1.82, 2.24) is 0 Å². The molecule has 1 aliphatic rings. The molecule has 0 amide bonds. The van der Waals surface area contributed by atoms with Crippen LogP contribution in [-0.2, 0) is 0 Å². The molecule has 0 saturated carbocycles. The van der Waals surface area contributed by atoms with Crippen LogP contribution in [0.1, 0.15) is 33.6 Å². The van der Waals surface area contributed by atoms with Gasteiger partial charge in [-0.15, -0.1) is 0 Å². The zero-order valence-electron chi connectivity index (χ0n) is 9.43. The number of hydrogen-bond donors (Lipinski definition) is 0. The van der Waals surface area contributed by atoms with Gasteiger partial charge in [-0.1, -0.05) is 6.92 Å². The summed E-state index contributed by atoms with van der Waals surface area (Å²) in [5.74, 6) is 0.554. The van der Waals surface area contributed by atoms with Gasteiger partial charge in [-0.3, -0.25) is 0 Å². The summed E-state index contributed by atoms with van der Waals surface area (Å²) in [5, 5.41) is 11.9. The molecule has 0 aromatic carbocycles. The van der Waals surface area contributed by atoms with E-state index >= 15 is 0 Å². The smallest absolute Gasteiger partial charge is 1.00 e. The third-order valence-electron chi connectivity index (χ3n) is 3.65. The summed E-state index contributed by atoms with van der Waals surface area (Å²) < 4.78 is -0.0613. The van der Waals surface area contributed by atoms with E-state index in [9.17, 15) is 5.21 Å². The molecule has 4 heteroatoms. The average molecular weight is 276 g/mol. The molecule has 0 aromatic heterocycles. The largest absolute Gasteiger partial charge is 1.00 e. The third-order valence-corrected chi connectivity index (χ3v) is 3.65. The van der Waals surface area contributed by atoms with Crippen LogP contribution in [0.5, 0.6) is 0 Å². The Kier molecular flexibility index (Phi) is 7.97. The van der Waals surface area contributed by atoms with Gasteiger partial charge in [0.25, 0.3) is 0 Å². The number of quaternary nitrogens is 1. The molecule has 1 aliphatic heterocycles. The van der Waals surface area contributed by atoms with Crippen LogP contribution in [0.25, 0.3) is 0 Å². The average Bonchev–Trinajstić information content (AvgIpc) is 1.84. The summed E-state index contributed by atoms with van der Waals surface area (Å²) in [5.41, 5.74) is -0.0851. The monoisotopic (exact) mass is 275 g/mol. The standard InChI is InChI=1S/C9H19NO.BrH.K/c1-8-6-5-7-10(4,11)9(8,2)3;;/h8H,5-7H2,1-4H3;1H;/q;;+1/p-1. The molecular formula is C9H19BrKNO. The van der Waals surface area contributed by atoms with E-state index in [1.807, 2.05) is 0 Å². The van der Waals surface area contributed by atoms with Crippen LogP contribution in [0.3, 0.4) is 0 Å². The van der Waals surface area contributed by atoms with Crippen LogP contribution in [0.15, 0.2) is 0 Å². The molecule has 1 saturated heterocycles. The van der Waals surface area contributed by atoms with Crippen molar-refractivity contribution in [1.29, 1.82) is 0 Å². The quantitative estimate of drug-likeness (QED) is 0.252. The Hall–Kier alpha value is 2.04. The number of nitrogens with zero attached hydrogens (tertiary/aromatic N) is 1. The summed E-state index contributed by atoms with van der Waals surface area (Å²) in [6.45, 7) is 7.15. The minimum Gasteiger partial charge on any atom is -1.00 e. The summed E-state index contributed by atoms with van der Waals surface area (Å²) in [7, 11) is 1.80. The Morgan fingerprint density at radius 3 is 2.15 bits per heavy atom. The molecule has 2 nitrogen and oxygen atoms in total. The molecule has 0 aliphatic carbocycles.